The molecule has 31 heavy (non-hydrogen) atoms. The number of carbonyl (C=O) groups is 1. The summed E-state index contributed by atoms with van der Waals surface area (Å²) < 4.78 is 34.0. The van der Waals surface area contributed by atoms with E-state index in [1.807, 2.05) is 0 Å². The number of hydrogen-bond donors (Lipinski definition) is 3. The maximum atomic E-state index is 12.7. The van der Waals surface area contributed by atoms with Gasteiger partial charge in [-0.05, 0) is 49.8 Å². The van der Waals surface area contributed by atoms with Crippen molar-refractivity contribution in [1.29, 1.82) is 0 Å². The summed E-state index contributed by atoms with van der Waals surface area (Å²) in [5.74, 6) is 0.150. The molecule has 9 heteroatoms. The number of amides is 1. The highest BCUT2D eigenvalue weighted by atomic mass is 32.2. The van der Waals surface area contributed by atoms with E-state index in [0.717, 1.165) is 25.7 Å². The van der Waals surface area contributed by atoms with E-state index in [2.05, 4.69) is 14.7 Å². The fourth-order valence-corrected chi connectivity index (χ4v) is 5.65. The van der Waals surface area contributed by atoms with E-state index < -0.39 is 15.9 Å². The van der Waals surface area contributed by atoms with Crippen LogP contribution in [-0.2, 0) is 10.0 Å². The molecule has 2 fully saturated rings. The number of ether oxygens (including phenoxy) is 1. The molecular formula is C22H26N4O4S. The number of nitrogens with one attached hydrogen (secondary N) is 2. The first-order valence-corrected chi connectivity index (χ1v) is 12.3. The molecule has 0 atom stereocenters. The van der Waals surface area contributed by atoms with Crippen molar-refractivity contribution in [2.24, 2.45) is 11.7 Å². The second-order valence-corrected chi connectivity index (χ2v) is 10.4. The van der Waals surface area contributed by atoms with Gasteiger partial charge in [-0.15, -0.1) is 0 Å². The lowest BCUT2D eigenvalue weighted by molar-refractivity contribution is 0.0995. The smallest absolute Gasteiger partial charge is 0.269 e. The molecule has 2 aliphatic rings. The van der Waals surface area contributed by atoms with Gasteiger partial charge in [-0.25, -0.2) is 18.1 Å². The number of nitrogens with zero attached hydrogens (tertiary/aromatic N) is 1. The molecule has 2 heterocycles. The number of carbonyl (C=O) groups excluding carboxylic acids is 1. The Balaban J connectivity index is 1.55. The number of pyridine rings is 1. The highest BCUT2D eigenvalue weighted by Crippen LogP contribution is 2.32. The van der Waals surface area contributed by atoms with Gasteiger partial charge in [0.15, 0.2) is 5.69 Å². The molecule has 2 aliphatic carbocycles. The third-order valence-electron chi connectivity index (χ3n) is 6.17. The standard InChI is InChI=1S/C22H26N4O4S/c23-22(27)21-20-17(11-19(25-21)30-12-13-4-2-1-3-5-13)16-10-15(8-9-18(16)24-20)31(28,29)26-14-6-7-14/h8-11,13-14,24,26H,1-7,12H2,(H2,23,27). The van der Waals surface area contributed by atoms with E-state index in [1.54, 1.807) is 24.3 Å². The predicted molar refractivity (Wildman–Crippen MR) is 118 cm³/mol. The number of nitrogens with two attached hydrogens (primary N) is 1. The van der Waals surface area contributed by atoms with Crippen molar-refractivity contribution in [2.75, 3.05) is 6.61 Å². The molecule has 2 saturated carbocycles. The summed E-state index contributed by atoms with van der Waals surface area (Å²) in [5, 5.41) is 1.35. The lowest BCUT2D eigenvalue weighted by Gasteiger charge is -2.21. The molecule has 164 valence electrons. The van der Waals surface area contributed by atoms with Gasteiger partial charge < -0.3 is 15.5 Å². The topological polar surface area (TPSA) is 127 Å². The van der Waals surface area contributed by atoms with Gasteiger partial charge in [0.1, 0.15) is 0 Å². The summed E-state index contributed by atoms with van der Waals surface area (Å²) in [6.45, 7) is 0.546. The molecule has 3 aromatic rings. The Morgan fingerprint density at radius 3 is 2.61 bits per heavy atom. The number of rotatable bonds is 7. The molecule has 4 N–H and O–H groups in total. The Labute approximate surface area is 180 Å². The zero-order valence-electron chi connectivity index (χ0n) is 17.2. The Hall–Kier alpha value is -2.65. The number of sulfonamides is 1. The highest BCUT2D eigenvalue weighted by molar-refractivity contribution is 7.89. The van der Waals surface area contributed by atoms with Gasteiger partial charge in [0.05, 0.1) is 17.0 Å². The molecule has 0 bridgehead atoms. The van der Waals surface area contributed by atoms with Crippen molar-refractivity contribution in [3.8, 4) is 5.88 Å². The third kappa shape index (κ3) is 4.12. The molecule has 0 radical (unpaired) electrons. The average Bonchev–Trinajstić information content (AvgIpc) is 3.48. The number of benzene rings is 1. The van der Waals surface area contributed by atoms with Crippen LogP contribution in [0.15, 0.2) is 29.2 Å². The Bertz CT molecular complexity index is 1260. The third-order valence-corrected chi connectivity index (χ3v) is 7.69. The van der Waals surface area contributed by atoms with Gasteiger partial charge in [-0.1, -0.05) is 19.3 Å². The summed E-state index contributed by atoms with van der Waals surface area (Å²) in [6, 6.07) is 6.65. The second kappa shape index (κ2) is 7.80. The zero-order valence-corrected chi connectivity index (χ0v) is 18.0. The fraction of sp³-hybridized carbons (Fsp3) is 0.455. The molecule has 0 spiro atoms. The van der Waals surface area contributed by atoms with E-state index in [4.69, 9.17) is 10.5 Å². The Morgan fingerprint density at radius 1 is 1.13 bits per heavy atom. The minimum Gasteiger partial charge on any atom is -0.477 e. The van der Waals surface area contributed by atoms with Crippen LogP contribution in [0.2, 0.25) is 0 Å². The minimum atomic E-state index is -3.60. The van der Waals surface area contributed by atoms with Gasteiger partial charge in [0.2, 0.25) is 15.9 Å². The van der Waals surface area contributed by atoms with E-state index in [-0.39, 0.29) is 16.6 Å². The normalized spacial score (nSPS) is 17.9. The van der Waals surface area contributed by atoms with Crippen molar-refractivity contribution in [1.82, 2.24) is 14.7 Å². The molecule has 5 rings (SSSR count). The van der Waals surface area contributed by atoms with Crippen LogP contribution in [0.4, 0.5) is 0 Å². The van der Waals surface area contributed by atoms with Crippen LogP contribution in [0.3, 0.4) is 0 Å². The highest BCUT2D eigenvalue weighted by Gasteiger charge is 2.28. The summed E-state index contributed by atoms with van der Waals surface area (Å²) in [7, 11) is -3.60. The number of H-pyrrole nitrogens is 1. The average molecular weight is 443 g/mol. The number of primary amides is 1. The van der Waals surface area contributed by atoms with Gasteiger partial charge in [0.25, 0.3) is 5.91 Å². The lowest BCUT2D eigenvalue weighted by Crippen LogP contribution is -2.25. The molecule has 0 unspecified atom stereocenters. The van der Waals surface area contributed by atoms with E-state index in [0.29, 0.717) is 40.2 Å². The molecule has 1 amide bonds. The summed E-state index contributed by atoms with van der Waals surface area (Å²) in [5.41, 5.74) is 6.86. The van der Waals surface area contributed by atoms with Gasteiger partial charge in [-0.3, -0.25) is 4.79 Å². The Morgan fingerprint density at radius 2 is 1.90 bits per heavy atom. The van der Waals surface area contributed by atoms with Crippen molar-refractivity contribution >= 4 is 37.7 Å². The van der Waals surface area contributed by atoms with Crippen molar-refractivity contribution < 1.29 is 17.9 Å². The van der Waals surface area contributed by atoms with Gasteiger partial charge in [0, 0.05) is 28.4 Å². The van der Waals surface area contributed by atoms with Crippen molar-refractivity contribution in [3.05, 3.63) is 30.0 Å². The summed E-state index contributed by atoms with van der Waals surface area (Å²) in [4.78, 5) is 19.8. The van der Waals surface area contributed by atoms with Crippen molar-refractivity contribution in [3.63, 3.8) is 0 Å². The largest absolute Gasteiger partial charge is 0.477 e. The second-order valence-electron chi connectivity index (χ2n) is 8.64. The number of aromatic amines is 1. The van der Waals surface area contributed by atoms with E-state index >= 15 is 0 Å². The maximum absolute atomic E-state index is 12.7. The number of fused-ring (bicyclic) bond motifs is 3. The quantitative estimate of drug-likeness (QED) is 0.518. The molecule has 1 aromatic carbocycles. The zero-order chi connectivity index (χ0) is 21.6. The van der Waals surface area contributed by atoms with Crippen LogP contribution in [-0.4, -0.2) is 36.9 Å². The summed E-state index contributed by atoms with van der Waals surface area (Å²) >= 11 is 0. The first-order valence-electron chi connectivity index (χ1n) is 10.8. The van der Waals surface area contributed by atoms with Crippen LogP contribution >= 0.6 is 0 Å². The van der Waals surface area contributed by atoms with Crippen molar-refractivity contribution in [2.45, 2.75) is 55.9 Å². The molecule has 2 aromatic heterocycles. The molecular weight excluding hydrogens is 416 g/mol. The number of hydrogen-bond acceptors (Lipinski definition) is 5. The van der Waals surface area contributed by atoms with Crippen LogP contribution in [0, 0.1) is 5.92 Å². The maximum Gasteiger partial charge on any atom is 0.269 e. The summed E-state index contributed by atoms with van der Waals surface area (Å²) in [6.07, 6.45) is 7.68. The lowest BCUT2D eigenvalue weighted by atomic mass is 9.90. The molecule has 0 saturated heterocycles. The SMILES string of the molecule is NC(=O)c1nc(OCC2CCCCC2)cc2c1[nH]c1ccc(S(=O)(=O)NC3CC3)cc12. The van der Waals surface area contributed by atoms with Crippen LogP contribution in [0.5, 0.6) is 5.88 Å². The van der Waals surface area contributed by atoms with Crippen LogP contribution < -0.4 is 15.2 Å². The van der Waals surface area contributed by atoms with Crippen LogP contribution in [0.25, 0.3) is 21.8 Å². The first kappa shape index (κ1) is 20.3. The molecule has 0 aliphatic heterocycles. The molecule has 8 nitrogen and oxygen atoms in total. The van der Waals surface area contributed by atoms with Gasteiger partial charge in [-0.2, -0.15) is 0 Å². The number of aromatic nitrogens is 2. The van der Waals surface area contributed by atoms with Gasteiger partial charge >= 0.3 is 0 Å². The fourth-order valence-electron chi connectivity index (χ4n) is 4.32. The minimum absolute atomic E-state index is 0.0223. The Kier molecular flexibility index (Phi) is 5.10. The predicted octanol–water partition coefficient (Wildman–Crippen LogP) is 3.21. The monoisotopic (exact) mass is 442 g/mol. The van der Waals surface area contributed by atoms with Crippen LogP contribution in [0.1, 0.15) is 55.4 Å². The van der Waals surface area contributed by atoms with E-state index in [1.165, 1.54) is 19.3 Å². The van der Waals surface area contributed by atoms with E-state index in [9.17, 15) is 13.2 Å². The first-order chi connectivity index (χ1) is 14.9.